The number of halogens is 1. The Morgan fingerprint density at radius 2 is 1.89 bits per heavy atom. The molecule has 3 aromatic rings. The van der Waals surface area contributed by atoms with Crippen molar-refractivity contribution in [3.05, 3.63) is 64.5 Å². The third-order valence-electron chi connectivity index (χ3n) is 5.27. The van der Waals surface area contributed by atoms with Crippen molar-refractivity contribution in [2.24, 2.45) is 5.92 Å². The van der Waals surface area contributed by atoms with Gasteiger partial charge in [-0.15, -0.1) is 11.3 Å². The molecule has 5 heteroatoms. The molecule has 1 aliphatic heterocycles. The van der Waals surface area contributed by atoms with E-state index in [1.165, 1.54) is 10.4 Å². The van der Waals surface area contributed by atoms with Crippen LogP contribution < -0.4 is 4.90 Å². The third kappa shape index (κ3) is 4.03. The zero-order chi connectivity index (χ0) is 18.8. The van der Waals surface area contributed by atoms with Gasteiger partial charge in [-0.05, 0) is 24.3 Å². The van der Waals surface area contributed by atoms with Crippen LogP contribution in [0.2, 0.25) is 5.02 Å². The Morgan fingerprint density at radius 3 is 2.67 bits per heavy atom. The lowest BCUT2D eigenvalue weighted by Gasteiger charge is -2.37. The van der Waals surface area contributed by atoms with E-state index in [4.69, 9.17) is 11.6 Å². The minimum Gasteiger partial charge on any atom is -0.369 e. The molecule has 2 heterocycles. The summed E-state index contributed by atoms with van der Waals surface area (Å²) in [6, 6.07) is 16.2. The van der Waals surface area contributed by atoms with E-state index in [9.17, 15) is 4.79 Å². The average molecular weight is 399 g/mol. The summed E-state index contributed by atoms with van der Waals surface area (Å²) < 4.78 is 1.18. The predicted molar refractivity (Wildman–Crippen MR) is 115 cm³/mol. The van der Waals surface area contributed by atoms with Gasteiger partial charge in [0.25, 0.3) is 0 Å². The van der Waals surface area contributed by atoms with Gasteiger partial charge >= 0.3 is 0 Å². The van der Waals surface area contributed by atoms with Crippen LogP contribution in [-0.2, 0) is 0 Å². The molecule has 2 aromatic carbocycles. The first-order valence-corrected chi connectivity index (χ1v) is 10.6. The minimum absolute atomic E-state index is 0.000672. The topological polar surface area (TPSA) is 23.6 Å². The van der Waals surface area contributed by atoms with E-state index in [0.717, 1.165) is 48.7 Å². The normalized spacial score (nSPS) is 16.6. The van der Waals surface area contributed by atoms with Crippen LogP contribution in [0.15, 0.2) is 53.9 Å². The fourth-order valence-corrected chi connectivity index (χ4v) is 4.90. The SMILES string of the molecule is CC(CN1CCN(c2cccc(Cl)c2)CC1)C(=O)c1csc2ccccc12. The summed E-state index contributed by atoms with van der Waals surface area (Å²) in [5, 5.41) is 3.88. The highest BCUT2D eigenvalue weighted by atomic mass is 35.5. The second-order valence-corrected chi connectivity index (χ2v) is 8.53. The number of piperazine rings is 1. The Hall–Kier alpha value is -1.88. The maximum atomic E-state index is 13.0. The summed E-state index contributed by atoms with van der Waals surface area (Å²) in [6.45, 7) is 6.72. The van der Waals surface area contributed by atoms with Crippen LogP contribution in [-0.4, -0.2) is 43.4 Å². The molecule has 0 N–H and O–H groups in total. The van der Waals surface area contributed by atoms with E-state index >= 15 is 0 Å². The molecule has 3 nitrogen and oxygen atoms in total. The summed E-state index contributed by atoms with van der Waals surface area (Å²) in [5.74, 6) is 0.255. The summed E-state index contributed by atoms with van der Waals surface area (Å²) in [6.07, 6.45) is 0. The number of fused-ring (bicyclic) bond motifs is 1. The molecule has 4 rings (SSSR count). The second kappa shape index (κ2) is 8.01. The van der Waals surface area contributed by atoms with E-state index < -0.39 is 0 Å². The summed E-state index contributed by atoms with van der Waals surface area (Å²) in [5.41, 5.74) is 2.05. The van der Waals surface area contributed by atoms with Crippen LogP contribution in [0.25, 0.3) is 10.1 Å². The number of ketones is 1. The number of Topliss-reactive ketones (excluding diaryl/α,β-unsaturated/α-hetero) is 1. The van der Waals surface area contributed by atoms with E-state index in [-0.39, 0.29) is 11.7 Å². The Bertz CT molecular complexity index is 946. The van der Waals surface area contributed by atoms with Crippen LogP contribution in [0.4, 0.5) is 5.69 Å². The van der Waals surface area contributed by atoms with Gasteiger partial charge in [0, 0.05) is 70.4 Å². The highest BCUT2D eigenvalue weighted by Crippen LogP contribution is 2.28. The fraction of sp³-hybridized carbons (Fsp3) is 0.318. The molecule has 1 saturated heterocycles. The highest BCUT2D eigenvalue weighted by molar-refractivity contribution is 7.17. The van der Waals surface area contributed by atoms with Crippen LogP contribution in [0.5, 0.6) is 0 Å². The third-order valence-corrected chi connectivity index (χ3v) is 6.47. The van der Waals surface area contributed by atoms with E-state index in [0.29, 0.717) is 0 Å². The highest BCUT2D eigenvalue weighted by Gasteiger charge is 2.24. The standard InChI is InChI=1S/C22H23ClN2OS/c1-16(22(26)20-15-27-21-8-3-2-7-19(20)21)14-24-9-11-25(12-10-24)18-6-4-5-17(23)13-18/h2-8,13,15-16H,9-12,14H2,1H3. The molecule has 1 fully saturated rings. The summed E-state index contributed by atoms with van der Waals surface area (Å²) in [7, 11) is 0. The number of benzene rings is 2. The van der Waals surface area contributed by atoms with Crippen LogP contribution in [0.1, 0.15) is 17.3 Å². The molecule has 1 unspecified atom stereocenters. The average Bonchev–Trinajstić information content (AvgIpc) is 3.12. The number of hydrogen-bond acceptors (Lipinski definition) is 4. The largest absolute Gasteiger partial charge is 0.369 e. The summed E-state index contributed by atoms with van der Waals surface area (Å²) in [4.78, 5) is 17.7. The smallest absolute Gasteiger partial charge is 0.168 e. The van der Waals surface area contributed by atoms with Crippen molar-refractivity contribution in [1.29, 1.82) is 0 Å². The van der Waals surface area contributed by atoms with Crippen molar-refractivity contribution in [3.63, 3.8) is 0 Å². The van der Waals surface area contributed by atoms with Crippen LogP contribution in [0.3, 0.4) is 0 Å². The van der Waals surface area contributed by atoms with Gasteiger partial charge in [-0.3, -0.25) is 9.69 Å². The van der Waals surface area contributed by atoms with Crippen molar-refractivity contribution in [1.82, 2.24) is 4.90 Å². The Balaban J connectivity index is 1.36. The number of hydrogen-bond donors (Lipinski definition) is 0. The zero-order valence-electron chi connectivity index (χ0n) is 15.4. The van der Waals surface area contributed by atoms with Gasteiger partial charge in [0.2, 0.25) is 0 Å². The van der Waals surface area contributed by atoms with Gasteiger partial charge in [-0.2, -0.15) is 0 Å². The van der Waals surface area contributed by atoms with Crippen molar-refractivity contribution in [2.45, 2.75) is 6.92 Å². The molecule has 27 heavy (non-hydrogen) atoms. The van der Waals surface area contributed by atoms with Gasteiger partial charge < -0.3 is 4.90 Å². The number of carbonyl (C=O) groups is 1. The van der Waals surface area contributed by atoms with Gasteiger partial charge in [-0.1, -0.05) is 42.8 Å². The lowest BCUT2D eigenvalue weighted by Crippen LogP contribution is -2.48. The van der Waals surface area contributed by atoms with E-state index in [1.807, 2.05) is 35.7 Å². The van der Waals surface area contributed by atoms with Crippen molar-refractivity contribution >= 4 is 44.5 Å². The van der Waals surface area contributed by atoms with Gasteiger partial charge in [0.15, 0.2) is 5.78 Å². The van der Waals surface area contributed by atoms with Gasteiger partial charge in [0.05, 0.1) is 0 Å². The maximum Gasteiger partial charge on any atom is 0.168 e. The second-order valence-electron chi connectivity index (χ2n) is 7.18. The van der Waals surface area contributed by atoms with E-state index in [2.05, 4.69) is 34.9 Å². The molecule has 1 aliphatic rings. The fourth-order valence-electron chi connectivity index (χ4n) is 3.77. The van der Waals surface area contributed by atoms with E-state index in [1.54, 1.807) is 11.3 Å². The molecule has 1 aromatic heterocycles. The Morgan fingerprint density at radius 1 is 1.11 bits per heavy atom. The first-order valence-electron chi connectivity index (χ1n) is 9.35. The lowest BCUT2D eigenvalue weighted by molar-refractivity contribution is 0.0893. The Labute approximate surface area is 169 Å². The predicted octanol–water partition coefficient (Wildman–Crippen LogP) is 5.20. The monoisotopic (exact) mass is 398 g/mol. The maximum absolute atomic E-state index is 13.0. The summed E-state index contributed by atoms with van der Waals surface area (Å²) >= 11 is 7.77. The molecule has 0 amide bonds. The first-order chi connectivity index (χ1) is 13.1. The van der Waals surface area contributed by atoms with Crippen molar-refractivity contribution in [2.75, 3.05) is 37.6 Å². The minimum atomic E-state index is 0.000672. The Kier molecular flexibility index (Phi) is 5.48. The van der Waals surface area contributed by atoms with Crippen LogP contribution >= 0.6 is 22.9 Å². The zero-order valence-corrected chi connectivity index (χ0v) is 17.0. The van der Waals surface area contributed by atoms with Crippen molar-refractivity contribution < 1.29 is 4.79 Å². The molecule has 140 valence electrons. The number of carbonyl (C=O) groups excluding carboxylic acids is 1. The molecule has 0 saturated carbocycles. The van der Waals surface area contributed by atoms with Gasteiger partial charge in [0.1, 0.15) is 0 Å². The van der Waals surface area contributed by atoms with Crippen LogP contribution in [0, 0.1) is 5.92 Å². The molecular weight excluding hydrogens is 376 g/mol. The number of nitrogens with zero attached hydrogens (tertiary/aromatic N) is 2. The lowest BCUT2D eigenvalue weighted by atomic mass is 9.98. The molecular formula is C22H23ClN2OS. The number of thiophene rings is 1. The number of anilines is 1. The molecule has 0 aliphatic carbocycles. The number of rotatable bonds is 5. The van der Waals surface area contributed by atoms with Crippen molar-refractivity contribution in [3.8, 4) is 0 Å². The molecule has 1 atom stereocenters. The molecule has 0 bridgehead atoms. The first kappa shape index (κ1) is 18.5. The quantitative estimate of drug-likeness (QED) is 0.552. The molecule has 0 radical (unpaired) electrons. The molecule has 0 spiro atoms. The van der Waals surface area contributed by atoms with Gasteiger partial charge in [-0.25, -0.2) is 0 Å².